The van der Waals surface area contributed by atoms with E-state index in [2.05, 4.69) is 4.90 Å². The van der Waals surface area contributed by atoms with E-state index in [0.717, 1.165) is 51.5 Å². The Morgan fingerprint density at radius 2 is 1.77 bits per heavy atom. The van der Waals surface area contributed by atoms with Gasteiger partial charge in [0.05, 0.1) is 0 Å². The smallest absolute Gasteiger partial charge is 0.341 e. The zero-order valence-electron chi connectivity index (χ0n) is 7.95. The van der Waals surface area contributed by atoms with E-state index in [9.17, 15) is 4.57 Å². The Morgan fingerprint density at radius 3 is 2.38 bits per heavy atom. The number of nitrogens with zero attached hydrogens (tertiary/aromatic N) is 1. The van der Waals surface area contributed by atoms with Crippen molar-refractivity contribution in [2.75, 3.05) is 38.6 Å². The number of hydrogen-bond donors (Lipinski definition) is 0. The lowest BCUT2D eigenvalue weighted by Gasteiger charge is -2.33. The van der Waals surface area contributed by atoms with Crippen LogP contribution in [-0.4, -0.2) is 49.6 Å². The maximum Gasteiger partial charge on any atom is 0.341 e. The zero-order chi connectivity index (χ0) is 9.10. The van der Waals surface area contributed by atoms with E-state index in [-0.39, 0.29) is 0 Å². The van der Waals surface area contributed by atoms with Gasteiger partial charge in [-0.1, -0.05) is 4.57 Å². The van der Waals surface area contributed by atoms with Crippen LogP contribution in [0.3, 0.4) is 0 Å². The first kappa shape index (κ1) is 9.57. The Morgan fingerprint density at radius 1 is 1.15 bits per heavy atom. The molecule has 0 amide bonds. The summed E-state index contributed by atoms with van der Waals surface area (Å²) in [6.07, 6.45) is 4.15. The first-order valence-electron chi connectivity index (χ1n) is 5.10. The van der Waals surface area contributed by atoms with Gasteiger partial charge in [0.1, 0.15) is 0 Å². The highest BCUT2D eigenvalue weighted by atomic mass is 31.1. The molecule has 2 saturated heterocycles. The molecule has 0 saturated carbocycles. The van der Waals surface area contributed by atoms with E-state index in [1.807, 2.05) is 0 Å². The van der Waals surface area contributed by atoms with Crippen molar-refractivity contribution in [3.63, 3.8) is 0 Å². The van der Waals surface area contributed by atoms with Crippen molar-refractivity contribution in [1.82, 2.24) is 4.90 Å². The molecule has 2 fully saturated rings. The van der Waals surface area contributed by atoms with Gasteiger partial charge in [-0.25, -0.2) is 0 Å². The van der Waals surface area contributed by atoms with Crippen LogP contribution in [0.5, 0.6) is 0 Å². The molecule has 0 aromatic carbocycles. The highest BCUT2D eigenvalue weighted by molar-refractivity contribution is 7.44. The summed E-state index contributed by atoms with van der Waals surface area (Å²) < 4.78 is 16.5. The molecule has 2 rings (SSSR count). The lowest BCUT2D eigenvalue weighted by Crippen LogP contribution is -2.43. The van der Waals surface area contributed by atoms with Crippen LogP contribution in [-0.2, 0) is 9.30 Å². The van der Waals surface area contributed by atoms with Gasteiger partial charge < -0.3 is 4.74 Å². The van der Waals surface area contributed by atoms with Crippen molar-refractivity contribution < 1.29 is 9.30 Å². The molecule has 0 bridgehead atoms. The van der Waals surface area contributed by atoms with Gasteiger partial charge in [0, 0.05) is 32.3 Å². The Labute approximate surface area is 80.2 Å². The van der Waals surface area contributed by atoms with Crippen molar-refractivity contribution in [3.05, 3.63) is 0 Å². The van der Waals surface area contributed by atoms with Crippen molar-refractivity contribution >= 4 is 7.80 Å². The van der Waals surface area contributed by atoms with Crippen molar-refractivity contribution in [2.24, 2.45) is 0 Å². The fourth-order valence-electron chi connectivity index (χ4n) is 2.12. The topological polar surface area (TPSA) is 29.5 Å². The molecule has 0 aromatic heterocycles. The Kier molecular flexibility index (Phi) is 3.31. The zero-order valence-corrected chi connectivity index (χ0v) is 8.84. The van der Waals surface area contributed by atoms with Gasteiger partial charge in [-0.05, 0) is 12.8 Å². The summed E-state index contributed by atoms with van der Waals surface area (Å²) in [7, 11) is -0.862. The van der Waals surface area contributed by atoms with E-state index in [1.165, 1.54) is 0 Å². The average Bonchev–Trinajstić information content (AvgIpc) is 2.20. The molecule has 2 heterocycles. The van der Waals surface area contributed by atoms with E-state index in [4.69, 9.17) is 4.74 Å². The Balaban J connectivity index is 1.82. The summed E-state index contributed by atoms with van der Waals surface area (Å²) in [6, 6.07) is 0.706. The lowest BCUT2D eigenvalue weighted by atomic mass is 10.1. The number of hydrogen-bond acceptors (Lipinski definition) is 3. The van der Waals surface area contributed by atoms with Gasteiger partial charge in [0.2, 0.25) is 0 Å². The molecule has 0 N–H and O–H groups in total. The molecule has 0 aromatic rings. The van der Waals surface area contributed by atoms with Crippen LogP contribution in [0, 0.1) is 0 Å². The second-order valence-corrected chi connectivity index (χ2v) is 5.67. The van der Waals surface area contributed by atoms with Gasteiger partial charge in [-0.3, -0.25) is 4.90 Å². The normalized spacial score (nSPS) is 27.8. The molecular formula is C9H17NO2P+. The second-order valence-electron chi connectivity index (χ2n) is 3.81. The third-order valence-corrected chi connectivity index (χ3v) is 4.38. The third-order valence-electron chi connectivity index (χ3n) is 2.98. The summed E-state index contributed by atoms with van der Waals surface area (Å²) in [5, 5.41) is 0. The molecule has 13 heavy (non-hydrogen) atoms. The van der Waals surface area contributed by atoms with Crippen LogP contribution in [0.1, 0.15) is 12.8 Å². The van der Waals surface area contributed by atoms with Gasteiger partial charge in [-0.2, -0.15) is 0 Å². The van der Waals surface area contributed by atoms with Crippen LogP contribution < -0.4 is 0 Å². The van der Waals surface area contributed by atoms with Crippen LogP contribution in [0.15, 0.2) is 0 Å². The maximum absolute atomic E-state index is 11.2. The fourth-order valence-corrected chi connectivity index (χ4v) is 3.30. The molecular weight excluding hydrogens is 185 g/mol. The second kappa shape index (κ2) is 4.50. The summed E-state index contributed by atoms with van der Waals surface area (Å²) in [5.74, 6) is 0. The molecule has 2 aliphatic rings. The van der Waals surface area contributed by atoms with Gasteiger partial charge >= 0.3 is 7.80 Å². The first-order valence-corrected chi connectivity index (χ1v) is 6.73. The Hall–Kier alpha value is 0.0200. The molecule has 0 radical (unpaired) electrons. The van der Waals surface area contributed by atoms with Crippen molar-refractivity contribution in [2.45, 2.75) is 18.9 Å². The highest BCUT2D eigenvalue weighted by Gasteiger charge is 2.30. The predicted octanol–water partition coefficient (Wildman–Crippen LogP) is 1.31. The largest absolute Gasteiger partial charge is 0.381 e. The highest BCUT2D eigenvalue weighted by Crippen LogP contribution is 2.27. The fraction of sp³-hybridized carbons (Fsp3) is 1.00. The standard InChI is InChI=1S/C9H17NO2P/c11-13-7-3-10(4-8-13)9-1-5-12-6-2-9/h9H,1-8H2/q+1. The van der Waals surface area contributed by atoms with Gasteiger partial charge in [0.25, 0.3) is 0 Å². The minimum Gasteiger partial charge on any atom is -0.381 e. The summed E-state index contributed by atoms with van der Waals surface area (Å²) >= 11 is 0. The summed E-state index contributed by atoms with van der Waals surface area (Å²) in [6.45, 7) is 3.90. The maximum atomic E-state index is 11.2. The van der Waals surface area contributed by atoms with Crippen LogP contribution in [0.25, 0.3) is 0 Å². The first-order chi connectivity index (χ1) is 6.36. The molecule has 0 aliphatic carbocycles. The SMILES string of the molecule is O=[P+]1CCN(C2CCOCC2)CC1. The number of rotatable bonds is 1. The molecule has 4 heteroatoms. The molecule has 0 unspecified atom stereocenters. The van der Waals surface area contributed by atoms with E-state index < -0.39 is 7.80 Å². The molecule has 0 atom stereocenters. The van der Waals surface area contributed by atoms with E-state index >= 15 is 0 Å². The van der Waals surface area contributed by atoms with Gasteiger partial charge in [0.15, 0.2) is 12.3 Å². The minimum atomic E-state index is -0.862. The number of ether oxygens (including phenoxy) is 1. The van der Waals surface area contributed by atoms with E-state index in [1.54, 1.807) is 0 Å². The Bertz CT molecular complexity index is 182. The monoisotopic (exact) mass is 202 g/mol. The predicted molar refractivity (Wildman–Crippen MR) is 52.8 cm³/mol. The van der Waals surface area contributed by atoms with Crippen LogP contribution in [0.4, 0.5) is 0 Å². The van der Waals surface area contributed by atoms with Gasteiger partial charge in [-0.15, -0.1) is 0 Å². The van der Waals surface area contributed by atoms with Crippen molar-refractivity contribution in [1.29, 1.82) is 0 Å². The van der Waals surface area contributed by atoms with Crippen LogP contribution in [0.2, 0.25) is 0 Å². The van der Waals surface area contributed by atoms with Crippen LogP contribution >= 0.6 is 7.80 Å². The molecule has 2 aliphatic heterocycles. The molecule has 3 nitrogen and oxygen atoms in total. The summed E-state index contributed by atoms with van der Waals surface area (Å²) in [4.78, 5) is 2.50. The van der Waals surface area contributed by atoms with E-state index in [0.29, 0.717) is 6.04 Å². The lowest BCUT2D eigenvalue weighted by molar-refractivity contribution is 0.0372. The third kappa shape index (κ3) is 2.49. The average molecular weight is 202 g/mol. The molecule has 0 spiro atoms. The minimum absolute atomic E-state index is 0.706. The van der Waals surface area contributed by atoms with Crippen molar-refractivity contribution in [3.8, 4) is 0 Å². The summed E-state index contributed by atoms with van der Waals surface area (Å²) in [5.41, 5.74) is 0. The molecule has 74 valence electrons. The quantitative estimate of drug-likeness (QED) is 0.600.